The zero-order chi connectivity index (χ0) is 15.5. The van der Waals surface area contributed by atoms with Crippen LogP contribution in [0.1, 0.15) is 18.7 Å². The Balaban J connectivity index is 1.78. The molecule has 1 amide bonds. The van der Waals surface area contributed by atoms with Gasteiger partial charge in [0.15, 0.2) is 11.3 Å². The monoisotopic (exact) mass is 303 g/mol. The van der Waals surface area contributed by atoms with Crippen molar-refractivity contribution in [3.63, 3.8) is 0 Å². The molecule has 3 rings (SSSR count). The summed E-state index contributed by atoms with van der Waals surface area (Å²) >= 11 is 0. The van der Waals surface area contributed by atoms with E-state index in [0.717, 1.165) is 5.39 Å². The van der Waals surface area contributed by atoms with E-state index < -0.39 is 0 Å². The number of methoxy groups -OCH3 is 1. The SMILES string of the molecule is COc1cccc2cc([C@@H](C)NC(=O)C3=COCCO3)oc12. The van der Waals surface area contributed by atoms with E-state index in [4.69, 9.17) is 18.6 Å². The number of nitrogens with one attached hydrogen (secondary N) is 1. The van der Waals surface area contributed by atoms with Gasteiger partial charge in [0.25, 0.3) is 5.91 Å². The summed E-state index contributed by atoms with van der Waals surface area (Å²) in [4.78, 5) is 12.1. The van der Waals surface area contributed by atoms with E-state index in [1.807, 2.05) is 31.2 Å². The molecule has 0 radical (unpaired) electrons. The molecule has 116 valence electrons. The highest BCUT2D eigenvalue weighted by Crippen LogP contribution is 2.30. The van der Waals surface area contributed by atoms with Crippen molar-refractivity contribution in [3.8, 4) is 5.75 Å². The van der Waals surface area contributed by atoms with E-state index in [0.29, 0.717) is 30.3 Å². The van der Waals surface area contributed by atoms with Crippen LogP contribution in [0, 0.1) is 0 Å². The van der Waals surface area contributed by atoms with Gasteiger partial charge in [0.2, 0.25) is 5.76 Å². The lowest BCUT2D eigenvalue weighted by Gasteiger charge is -2.17. The van der Waals surface area contributed by atoms with Crippen LogP contribution in [0.25, 0.3) is 11.0 Å². The molecule has 0 bridgehead atoms. The Labute approximate surface area is 127 Å². The van der Waals surface area contributed by atoms with Gasteiger partial charge in [0.1, 0.15) is 25.2 Å². The second kappa shape index (κ2) is 6.01. The summed E-state index contributed by atoms with van der Waals surface area (Å²) in [7, 11) is 1.59. The Morgan fingerprint density at radius 3 is 2.95 bits per heavy atom. The van der Waals surface area contributed by atoms with E-state index in [2.05, 4.69) is 5.32 Å². The lowest BCUT2D eigenvalue weighted by atomic mass is 10.2. The Kier molecular flexibility index (Phi) is 3.91. The maximum atomic E-state index is 12.1. The minimum absolute atomic E-state index is 0.173. The van der Waals surface area contributed by atoms with E-state index in [-0.39, 0.29) is 17.7 Å². The van der Waals surface area contributed by atoms with Gasteiger partial charge < -0.3 is 23.9 Å². The number of benzene rings is 1. The second-order valence-corrected chi connectivity index (χ2v) is 4.92. The summed E-state index contributed by atoms with van der Waals surface area (Å²) in [6.45, 7) is 2.66. The predicted octanol–water partition coefficient (Wildman–Crippen LogP) is 2.51. The quantitative estimate of drug-likeness (QED) is 0.939. The molecule has 2 heterocycles. The molecule has 2 aromatic rings. The highest BCUT2D eigenvalue weighted by molar-refractivity contribution is 5.91. The van der Waals surface area contributed by atoms with Crippen LogP contribution in [0.2, 0.25) is 0 Å². The van der Waals surface area contributed by atoms with E-state index in [9.17, 15) is 4.79 Å². The molecule has 1 aliphatic rings. The van der Waals surface area contributed by atoms with Gasteiger partial charge in [-0.1, -0.05) is 12.1 Å². The fourth-order valence-corrected chi connectivity index (χ4v) is 2.26. The van der Waals surface area contributed by atoms with Gasteiger partial charge in [-0.2, -0.15) is 0 Å². The Morgan fingerprint density at radius 1 is 1.36 bits per heavy atom. The number of hydrogen-bond donors (Lipinski definition) is 1. The summed E-state index contributed by atoms with van der Waals surface area (Å²) in [6, 6.07) is 7.23. The molecular formula is C16H17NO5. The van der Waals surface area contributed by atoms with Crippen LogP contribution in [0.5, 0.6) is 5.75 Å². The second-order valence-electron chi connectivity index (χ2n) is 4.92. The molecule has 1 aromatic carbocycles. The first-order valence-electron chi connectivity index (χ1n) is 7.01. The van der Waals surface area contributed by atoms with Gasteiger partial charge in [0, 0.05) is 5.39 Å². The number of carbonyl (C=O) groups excluding carboxylic acids is 1. The molecule has 0 aliphatic carbocycles. The summed E-state index contributed by atoms with van der Waals surface area (Å²) in [5.74, 6) is 1.14. The topological polar surface area (TPSA) is 69.9 Å². The number of carbonyl (C=O) groups is 1. The van der Waals surface area contributed by atoms with Crippen LogP contribution in [-0.2, 0) is 14.3 Å². The van der Waals surface area contributed by atoms with Crippen molar-refractivity contribution < 1.29 is 23.4 Å². The highest BCUT2D eigenvalue weighted by Gasteiger charge is 2.20. The largest absolute Gasteiger partial charge is 0.494 e. The van der Waals surface area contributed by atoms with Crippen LogP contribution < -0.4 is 10.1 Å². The fourth-order valence-electron chi connectivity index (χ4n) is 2.26. The normalized spacial score (nSPS) is 15.5. The number of amides is 1. The third-order valence-electron chi connectivity index (χ3n) is 3.39. The first kappa shape index (κ1) is 14.3. The maximum absolute atomic E-state index is 12.1. The van der Waals surface area contributed by atoms with Gasteiger partial charge in [-0.25, -0.2) is 0 Å². The molecule has 1 aromatic heterocycles. The highest BCUT2D eigenvalue weighted by atomic mass is 16.6. The Hall–Kier alpha value is -2.63. The lowest BCUT2D eigenvalue weighted by molar-refractivity contribution is -0.123. The summed E-state index contributed by atoms with van der Waals surface area (Å²) in [6.07, 6.45) is 1.33. The van der Waals surface area contributed by atoms with Crippen LogP contribution in [0.4, 0.5) is 0 Å². The Bertz CT molecular complexity index is 718. The van der Waals surface area contributed by atoms with Crippen molar-refractivity contribution in [1.29, 1.82) is 0 Å². The number of furan rings is 1. The third-order valence-corrected chi connectivity index (χ3v) is 3.39. The molecule has 0 unspecified atom stereocenters. The average Bonchev–Trinajstić information content (AvgIpc) is 2.99. The molecular weight excluding hydrogens is 286 g/mol. The van der Waals surface area contributed by atoms with Crippen molar-refractivity contribution in [1.82, 2.24) is 5.32 Å². The molecule has 1 aliphatic heterocycles. The third kappa shape index (κ3) is 2.72. The first-order chi connectivity index (χ1) is 10.7. The van der Waals surface area contributed by atoms with Crippen LogP contribution in [-0.4, -0.2) is 26.2 Å². The van der Waals surface area contributed by atoms with Crippen molar-refractivity contribution in [2.45, 2.75) is 13.0 Å². The zero-order valence-corrected chi connectivity index (χ0v) is 12.4. The summed E-state index contributed by atoms with van der Waals surface area (Å²) in [5.41, 5.74) is 0.664. The van der Waals surface area contributed by atoms with Gasteiger partial charge in [-0.05, 0) is 19.1 Å². The van der Waals surface area contributed by atoms with Crippen molar-refractivity contribution in [2.24, 2.45) is 0 Å². The van der Waals surface area contributed by atoms with Crippen LogP contribution in [0.15, 0.2) is 40.7 Å². The van der Waals surface area contributed by atoms with Gasteiger partial charge in [-0.3, -0.25) is 4.79 Å². The number of rotatable bonds is 4. The summed E-state index contributed by atoms with van der Waals surface area (Å²) < 4.78 is 21.4. The molecule has 0 spiro atoms. The predicted molar refractivity (Wildman–Crippen MR) is 79.3 cm³/mol. The minimum atomic E-state index is -0.334. The smallest absolute Gasteiger partial charge is 0.290 e. The van der Waals surface area contributed by atoms with Crippen LogP contribution in [0.3, 0.4) is 0 Å². The van der Waals surface area contributed by atoms with E-state index in [1.54, 1.807) is 7.11 Å². The lowest BCUT2D eigenvalue weighted by Crippen LogP contribution is -2.30. The summed E-state index contributed by atoms with van der Waals surface area (Å²) in [5, 5.41) is 3.74. The minimum Gasteiger partial charge on any atom is -0.494 e. The van der Waals surface area contributed by atoms with E-state index in [1.165, 1.54) is 6.26 Å². The van der Waals surface area contributed by atoms with Crippen molar-refractivity contribution in [3.05, 3.63) is 42.0 Å². The number of fused-ring (bicyclic) bond motifs is 1. The molecule has 0 fully saturated rings. The molecule has 1 N–H and O–H groups in total. The van der Waals surface area contributed by atoms with Crippen molar-refractivity contribution >= 4 is 16.9 Å². The van der Waals surface area contributed by atoms with Gasteiger partial charge in [0.05, 0.1) is 13.2 Å². The maximum Gasteiger partial charge on any atom is 0.290 e. The van der Waals surface area contributed by atoms with Crippen LogP contribution >= 0.6 is 0 Å². The molecule has 1 atom stereocenters. The number of ether oxygens (including phenoxy) is 3. The first-order valence-corrected chi connectivity index (χ1v) is 7.01. The fraction of sp³-hybridized carbons (Fsp3) is 0.312. The molecule has 0 saturated carbocycles. The standard InChI is InChI=1S/C16H17NO5/c1-10(17-16(18)14-9-20-6-7-21-14)13-8-11-4-3-5-12(19-2)15(11)22-13/h3-5,8-10H,6-7H2,1-2H3,(H,17,18)/t10-/m1/s1. The van der Waals surface area contributed by atoms with E-state index >= 15 is 0 Å². The van der Waals surface area contributed by atoms with Gasteiger partial charge in [-0.15, -0.1) is 0 Å². The molecule has 22 heavy (non-hydrogen) atoms. The zero-order valence-electron chi connectivity index (χ0n) is 12.4. The average molecular weight is 303 g/mol. The Morgan fingerprint density at radius 2 is 2.23 bits per heavy atom. The molecule has 6 heteroatoms. The molecule has 6 nitrogen and oxygen atoms in total. The molecule has 0 saturated heterocycles. The number of para-hydroxylation sites is 1. The van der Waals surface area contributed by atoms with Gasteiger partial charge >= 0.3 is 0 Å². The van der Waals surface area contributed by atoms with Crippen molar-refractivity contribution in [2.75, 3.05) is 20.3 Å². The number of hydrogen-bond acceptors (Lipinski definition) is 5.